The molecule has 4 heterocycles. The number of anilines is 2. The number of likely N-dealkylation sites (N-methyl/N-ethyl adjacent to an activating group) is 1. The molecule has 0 radical (unpaired) electrons. The smallest absolute Gasteiger partial charge is 0.246 e. The van der Waals surface area contributed by atoms with E-state index in [0.717, 1.165) is 39.1 Å². The molecule has 0 N–H and O–H groups in total. The molecular formula is C25H33ClN4O5S. The monoisotopic (exact) mass is 536 g/mol. The standard InChI is InChI=1S/C25H33ClN4O5S/c1-3-28-10-12-29(13-11-28)24-21(26)23-22(25(27-24)35-19-8-6-18(33-2)7-9-19)30(14-16-36(23,31)32)17-20-5-4-15-34-20/h6-9,20H,3-5,10-17H2,1-2H3. The molecule has 9 nitrogen and oxygen atoms in total. The Balaban J connectivity index is 1.60. The number of nitrogens with zero attached hydrogens (tertiary/aromatic N) is 4. The number of halogens is 1. The molecule has 1 aromatic carbocycles. The average molecular weight is 537 g/mol. The fraction of sp³-hybridized carbons (Fsp3) is 0.560. The first-order valence-corrected chi connectivity index (χ1v) is 14.5. The number of methoxy groups -OCH3 is 1. The summed E-state index contributed by atoms with van der Waals surface area (Å²) in [4.78, 5) is 11.4. The van der Waals surface area contributed by atoms with Gasteiger partial charge in [0.05, 0.1) is 19.0 Å². The van der Waals surface area contributed by atoms with Gasteiger partial charge < -0.3 is 28.9 Å². The first-order chi connectivity index (χ1) is 17.4. The summed E-state index contributed by atoms with van der Waals surface area (Å²) in [7, 11) is -2.03. The van der Waals surface area contributed by atoms with Crippen molar-refractivity contribution in [3.05, 3.63) is 29.3 Å². The molecule has 1 aromatic heterocycles. The molecule has 2 saturated heterocycles. The molecule has 0 saturated carbocycles. The number of fused-ring (bicyclic) bond motifs is 1. The van der Waals surface area contributed by atoms with Crippen LogP contribution in [0.5, 0.6) is 17.4 Å². The first-order valence-electron chi connectivity index (χ1n) is 12.5. The molecule has 0 spiro atoms. The fourth-order valence-electron chi connectivity index (χ4n) is 5.04. The van der Waals surface area contributed by atoms with Crippen LogP contribution in [0.15, 0.2) is 29.2 Å². The highest BCUT2D eigenvalue weighted by Crippen LogP contribution is 2.47. The molecule has 2 fully saturated rings. The zero-order valence-corrected chi connectivity index (χ0v) is 22.4. The summed E-state index contributed by atoms with van der Waals surface area (Å²) in [6.07, 6.45) is 1.97. The van der Waals surface area contributed by atoms with Crippen LogP contribution in [0.4, 0.5) is 11.5 Å². The summed E-state index contributed by atoms with van der Waals surface area (Å²) >= 11 is 6.88. The zero-order chi connectivity index (χ0) is 25.3. The second-order valence-corrected chi connectivity index (χ2v) is 11.8. The predicted octanol–water partition coefficient (Wildman–Crippen LogP) is 3.45. The van der Waals surface area contributed by atoms with Crippen LogP contribution in [0.1, 0.15) is 19.8 Å². The summed E-state index contributed by atoms with van der Waals surface area (Å²) in [5, 5.41) is 0.175. The van der Waals surface area contributed by atoms with E-state index < -0.39 is 9.84 Å². The lowest BCUT2D eigenvalue weighted by Gasteiger charge is -2.38. The normalized spacial score (nSPS) is 21.9. The third kappa shape index (κ3) is 5.09. The number of sulfone groups is 1. The van der Waals surface area contributed by atoms with Gasteiger partial charge in [-0.3, -0.25) is 0 Å². The van der Waals surface area contributed by atoms with E-state index in [1.807, 2.05) is 4.90 Å². The Hall–Kier alpha value is -2.27. The predicted molar refractivity (Wildman–Crippen MR) is 140 cm³/mol. The SMILES string of the molecule is CCN1CCN(c2nc(Oc3ccc(OC)cc3)c3c(c2Cl)S(=O)(=O)CCN3CC2CCCO2)CC1. The van der Waals surface area contributed by atoms with Crippen molar-refractivity contribution in [2.24, 2.45) is 0 Å². The Kier molecular flexibility index (Phi) is 7.48. The second-order valence-electron chi connectivity index (χ2n) is 9.33. The molecule has 0 bridgehead atoms. The van der Waals surface area contributed by atoms with Gasteiger partial charge in [-0.2, -0.15) is 4.98 Å². The van der Waals surface area contributed by atoms with Gasteiger partial charge in [-0.05, 0) is 43.7 Å². The number of piperazine rings is 1. The van der Waals surface area contributed by atoms with Crippen LogP contribution in [0.25, 0.3) is 0 Å². The van der Waals surface area contributed by atoms with Crippen molar-refractivity contribution in [2.75, 3.05) is 75.1 Å². The number of benzene rings is 1. The molecule has 2 aromatic rings. The highest BCUT2D eigenvalue weighted by atomic mass is 35.5. The van der Waals surface area contributed by atoms with Gasteiger partial charge in [0.1, 0.15) is 27.1 Å². The molecule has 3 aliphatic heterocycles. The molecular weight excluding hydrogens is 504 g/mol. The molecule has 196 valence electrons. The van der Waals surface area contributed by atoms with Crippen LogP contribution in [0, 0.1) is 0 Å². The van der Waals surface area contributed by atoms with E-state index in [4.69, 9.17) is 30.8 Å². The lowest BCUT2D eigenvalue weighted by Crippen LogP contribution is -2.47. The third-order valence-electron chi connectivity index (χ3n) is 7.12. The number of hydrogen-bond donors (Lipinski definition) is 0. The summed E-state index contributed by atoms with van der Waals surface area (Å²) in [6, 6.07) is 7.15. The maximum absolute atomic E-state index is 13.4. The Labute approximate surface area is 217 Å². The van der Waals surface area contributed by atoms with Gasteiger partial charge >= 0.3 is 0 Å². The van der Waals surface area contributed by atoms with E-state index in [0.29, 0.717) is 49.2 Å². The summed E-state index contributed by atoms with van der Waals surface area (Å²) in [5.74, 6) is 1.92. The van der Waals surface area contributed by atoms with Gasteiger partial charge in [0.25, 0.3) is 0 Å². The van der Waals surface area contributed by atoms with Gasteiger partial charge in [0, 0.05) is 45.9 Å². The largest absolute Gasteiger partial charge is 0.497 e. The number of rotatable bonds is 7. The lowest BCUT2D eigenvalue weighted by atomic mass is 10.2. The van der Waals surface area contributed by atoms with Gasteiger partial charge in [0.2, 0.25) is 5.88 Å². The maximum Gasteiger partial charge on any atom is 0.246 e. The third-order valence-corrected chi connectivity index (χ3v) is 9.33. The molecule has 11 heteroatoms. The Bertz CT molecular complexity index is 1180. The minimum absolute atomic E-state index is 0.0124. The number of aromatic nitrogens is 1. The van der Waals surface area contributed by atoms with E-state index in [1.165, 1.54) is 0 Å². The fourth-order valence-corrected chi connectivity index (χ4v) is 7.18. The van der Waals surface area contributed by atoms with Crippen molar-refractivity contribution in [1.29, 1.82) is 0 Å². The Morgan fingerprint density at radius 2 is 1.83 bits per heavy atom. The van der Waals surface area contributed by atoms with Gasteiger partial charge in [-0.25, -0.2) is 8.42 Å². The molecule has 1 atom stereocenters. The summed E-state index contributed by atoms with van der Waals surface area (Å²) in [5.41, 5.74) is 0.425. The van der Waals surface area contributed by atoms with Crippen molar-refractivity contribution in [3.63, 3.8) is 0 Å². The average Bonchev–Trinajstić information content (AvgIpc) is 3.40. The van der Waals surface area contributed by atoms with Gasteiger partial charge in [-0.1, -0.05) is 18.5 Å². The Morgan fingerprint density at radius 3 is 2.47 bits per heavy atom. The van der Waals surface area contributed by atoms with Crippen LogP contribution in [-0.2, 0) is 14.6 Å². The van der Waals surface area contributed by atoms with Gasteiger partial charge in [-0.15, -0.1) is 0 Å². The van der Waals surface area contributed by atoms with Crippen LogP contribution in [-0.4, -0.2) is 89.7 Å². The number of hydrogen-bond acceptors (Lipinski definition) is 9. The number of ether oxygens (including phenoxy) is 3. The molecule has 0 aliphatic carbocycles. The second kappa shape index (κ2) is 10.6. The van der Waals surface area contributed by atoms with E-state index in [9.17, 15) is 8.42 Å². The zero-order valence-electron chi connectivity index (χ0n) is 20.8. The Morgan fingerprint density at radius 1 is 1.11 bits per heavy atom. The molecule has 1 unspecified atom stereocenters. The number of pyridine rings is 1. The molecule has 36 heavy (non-hydrogen) atoms. The van der Waals surface area contributed by atoms with Gasteiger partial charge in [0.15, 0.2) is 15.7 Å². The summed E-state index contributed by atoms with van der Waals surface area (Å²) < 4.78 is 44.3. The molecule has 5 rings (SSSR count). The van der Waals surface area contributed by atoms with Crippen molar-refractivity contribution in [3.8, 4) is 17.4 Å². The van der Waals surface area contributed by atoms with Crippen molar-refractivity contribution < 1.29 is 22.6 Å². The van der Waals surface area contributed by atoms with E-state index >= 15 is 0 Å². The minimum atomic E-state index is -3.63. The van der Waals surface area contributed by atoms with Crippen molar-refractivity contribution >= 4 is 32.9 Å². The minimum Gasteiger partial charge on any atom is -0.497 e. The van der Waals surface area contributed by atoms with Crippen molar-refractivity contribution in [1.82, 2.24) is 9.88 Å². The highest BCUT2D eigenvalue weighted by molar-refractivity contribution is 7.91. The maximum atomic E-state index is 13.4. The van der Waals surface area contributed by atoms with Crippen LogP contribution in [0.3, 0.4) is 0 Å². The molecule has 3 aliphatic rings. The quantitative estimate of drug-likeness (QED) is 0.528. The van der Waals surface area contributed by atoms with Crippen molar-refractivity contribution in [2.45, 2.75) is 30.8 Å². The molecule has 0 amide bonds. The lowest BCUT2D eigenvalue weighted by molar-refractivity contribution is 0.115. The van der Waals surface area contributed by atoms with E-state index in [2.05, 4.69) is 16.7 Å². The van der Waals surface area contributed by atoms with E-state index in [1.54, 1.807) is 31.4 Å². The van der Waals surface area contributed by atoms with Crippen LogP contribution in [0.2, 0.25) is 5.02 Å². The topological polar surface area (TPSA) is 84.4 Å². The van der Waals surface area contributed by atoms with Crippen LogP contribution < -0.4 is 19.3 Å². The first kappa shape index (κ1) is 25.4. The van der Waals surface area contributed by atoms with E-state index in [-0.39, 0.29) is 27.7 Å². The highest BCUT2D eigenvalue weighted by Gasteiger charge is 2.39. The summed E-state index contributed by atoms with van der Waals surface area (Å²) in [6.45, 7) is 7.86. The van der Waals surface area contributed by atoms with Crippen LogP contribution >= 0.6 is 11.6 Å².